The van der Waals surface area contributed by atoms with E-state index in [2.05, 4.69) is 10.6 Å². The van der Waals surface area contributed by atoms with Crippen molar-refractivity contribution in [3.8, 4) is 11.5 Å². The van der Waals surface area contributed by atoms with Crippen LogP contribution in [0.4, 0.5) is 10.5 Å². The highest BCUT2D eigenvalue weighted by Crippen LogP contribution is 2.22. The van der Waals surface area contributed by atoms with Gasteiger partial charge in [-0.2, -0.15) is 0 Å². The van der Waals surface area contributed by atoms with Crippen LogP contribution in [0.5, 0.6) is 11.5 Å². The van der Waals surface area contributed by atoms with Crippen LogP contribution in [0, 0.1) is 0 Å². The number of carbonyl (C=O) groups excluding carboxylic acids is 2. The van der Waals surface area contributed by atoms with E-state index in [0.29, 0.717) is 11.4 Å². The first-order chi connectivity index (χ1) is 11.8. The molecule has 2 aromatic carbocycles. The molecule has 0 atom stereocenters. The van der Waals surface area contributed by atoms with Crippen molar-refractivity contribution < 1.29 is 19.1 Å². The van der Waals surface area contributed by atoms with Gasteiger partial charge in [-0.25, -0.2) is 4.79 Å². The predicted molar refractivity (Wildman–Crippen MR) is 95.8 cm³/mol. The van der Waals surface area contributed by atoms with E-state index in [1.54, 1.807) is 45.0 Å². The summed E-state index contributed by atoms with van der Waals surface area (Å²) >= 11 is 0. The standard InChI is InChI=1S/C19H22N2O4/c1-19(2,3)25-18(23)20-13-17(22)21-14-9-11-16(12-10-14)24-15-7-5-4-6-8-15/h4-12H,13H2,1-3H3,(H,20,23)(H,21,22). The molecule has 0 aliphatic carbocycles. The highest BCUT2D eigenvalue weighted by Gasteiger charge is 2.16. The lowest BCUT2D eigenvalue weighted by atomic mass is 10.2. The van der Waals surface area contributed by atoms with E-state index in [1.807, 2.05) is 30.3 Å². The molecule has 2 N–H and O–H groups in total. The summed E-state index contributed by atoms with van der Waals surface area (Å²) in [4.78, 5) is 23.3. The molecule has 25 heavy (non-hydrogen) atoms. The Hall–Kier alpha value is -3.02. The molecule has 0 saturated heterocycles. The summed E-state index contributed by atoms with van der Waals surface area (Å²) in [6.07, 6.45) is -0.630. The van der Waals surface area contributed by atoms with Crippen molar-refractivity contribution >= 4 is 17.7 Å². The number of hydrogen-bond acceptors (Lipinski definition) is 4. The van der Waals surface area contributed by atoms with Gasteiger partial charge in [0.2, 0.25) is 5.91 Å². The third kappa shape index (κ3) is 6.95. The van der Waals surface area contributed by atoms with Gasteiger partial charge in [0, 0.05) is 5.69 Å². The van der Waals surface area contributed by atoms with Gasteiger partial charge in [-0.05, 0) is 57.2 Å². The van der Waals surface area contributed by atoms with Gasteiger partial charge in [-0.15, -0.1) is 0 Å². The average Bonchev–Trinajstić information content (AvgIpc) is 2.54. The van der Waals surface area contributed by atoms with Crippen LogP contribution in [0.15, 0.2) is 54.6 Å². The van der Waals surface area contributed by atoms with Gasteiger partial charge in [-0.3, -0.25) is 4.79 Å². The molecule has 6 nitrogen and oxygen atoms in total. The van der Waals surface area contributed by atoms with Crippen molar-refractivity contribution in [2.45, 2.75) is 26.4 Å². The van der Waals surface area contributed by atoms with Gasteiger partial charge in [0.1, 0.15) is 23.6 Å². The van der Waals surface area contributed by atoms with Crippen LogP contribution in [-0.2, 0) is 9.53 Å². The van der Waals surface area contributed by atoms with Crippen molar-refractivity contribution in [1.82, 2.24) is 5.32 Å². The first-order valence-electron chi connectivity index (χ1n) is 7.91. The van der Waals surface area contributed by atoms with Crippen LogP contribution in [0.3, 0.4) is 0 Å². The van der Waals surface area contributed by atoms with Gasteiger partial charge >= 0.3 is 6.09 Å². The molecule has 2 amide bonds. The number of carbonyl (C=O) groups is 2. The molecule has 6 heteroatoms. The van der Waals surface area contributed by atoms with E-state index in [0.717, 1.165) is 5.75 Å². The number of ether oxygens (including phenoxy) is 2. The van der Waals surface area contributed by atoms with Gasteiger partial charge < -0.3 is 20.1 Å². The number of benzene rings is 2. The Balaban J connectivity index is 1.80. The SMILES string of the molecule is CC(C)(C)OC(=O)NCC(=O)Nc1ccc(Oc2ccccc2)cc1. The van der Waals surface area contributed by atoms with E-state index < -0.39 is 11.7 Å². The maximum atomic E-state index is 11.8. The quantitative estimate of drug-likeness (QED) is 0.863. The van der Waals surface area contributed by atoms with Crippen LogP contribution in [0.25, 0.3) is 0 Å². The first-order valence-corrected chi connectivity index (χ1v) is 7.91. The maximum Gasteiger partial charge on any atom is 0.408 e. The molecule has 0 unspecified atom stereocenters. The Labute approximate surface area is 147 Å². The van der Waals surface area contributed by atoms with E-state index in [-0.39, 0.29) is 12.5 Å². The van der Waals surface area contributed by atoms with Crippen LogP contribution >= 0.6 is 0 Å². The van der Waals surface area contributed by atoms with Crippen LogP contribution in [-0.4, -0.2) is 24.1 Å². The third-order valence-electron chi connectivity index (χ3n) is 2.91. The van der Waals surface area contributed by atoms with Gasteiger partial charge in [0.15, 0.2) is 0 Å². The van der Waals surface area contributed by atoms with Gasteiger partial charge in [0.05, 0.1) is 0 Å². The monoisotopic (exact) mass is 342 g/mol. The zero-order valence-corrected chi connectivity index (χ0v) is 14.5. The largest absolute Gasteiger partial charge is 0.457 e. The zero-order chi connectivity index (χ0) is 18.3. The van der Waals surface area contributed by atoms with E-state index in [4.69, 9.17) is 9.47 Å². The summed E-state index contributed by atoms with van der Waals surface area (Å²) in [6, 6.07) is 16.4. The topological polar surface area (TPSA) is 76.7 Å². The van der Waals surface area contributed by atoms with Gasteiger partial charge in [-0.1, -0.05) is 18.2 Å². The minimum Gasteiger partial charge on any atom is -0.457 e. The minimum atomic E-state index is -0.630. The minimum absolute atomic E-state index is 0.169. The molecular weight excluding hydrogens is 320 g/mol. The second kappa shape index (κ2) is 8.19. The normalized spacial score (nSPS) is 10.7. The van der Waals surface area contributed by atoms with Crippen LogP contribution in [0.2, 0.25) is 0 Å². The molecule has 0 bridgehead atoms. The molecule has 0 saturated carbocycles. The fourth-order valence-corrected chi connectivity index (χ4v) is 1.90. The highest BCUT2D eigenvalue weighted by molar-refractivity contribution is 5.93. The molecule has 0 aliphatic heterocycles. The van der Waals surface area contributed by atoms with Crippen molar-refractivity contribution in [3.63, 3.8) is 0 Å². The zero-order valence-electron chi connectivity index (χ0n) is 14.5. The predicted octanol–water partition coefficient (Wildman–Crippen LogP) is 3.94. The molecule has 0 radical (unpaired) electrons. The van der Waals surface area contributed by atoms with E-state index in [1.165, 1.54) is 0 Å². The smallest absolute Gasteiger partial charge is 0.408 e. The lowest BCUT2D eigenvalue weighted by Gasteiger charge is -2.19. The second-order valence-corrected chi connectivity index (χ2v) is 6.34. The Bertz CT molecular complexity index is 706. The molecule has 0 heterocycles. The van der Waals surface area contributed by atoms with Crippen LogP contribution < -0.4 is 15.4 Å². The van der Waals surface area contributed by atoms with Crippen molar-refractivity contribution in [2.24, 2.45) is 0 Å². The molecule has 0 fully saturated rings. The summed E-state index contributed by atoms with van der Waals surface area (Å²) in [7, 11) is 0. The van der Waals surface area contributed by atoms with Gasteiger partial charge in [0.25, 0.3) is 0 Å². The highest BCUT2D eigenvalue weighted by atomic mass is 16.6. The maximum absolute atomic E-state index is 11.8. The van der Waals surface area contributed by atoms with Crippen LogP contribution in [0.1, 0.15) is 20.8 Å². The molecule has 0 spiro atoms. The second-order valence-electron chi connectivity index (χ2n) is 6.34. The van der Waals surface area contributed by atoms with Crippen molar-refractivity contribution in [3.05, 3.63) is 54.6 Å². The summed E-state index contributed by atoms with van der Waals surface area (Å²) in [5.41, 5.74) is 0.00574. The van der Waals surface area contributed by atoms with E-state index in [9.17, 15) is 9.59 Å². The lowest BCUT2D eigenvalue weighted by Crippen LogP contribution is -2.37. The number of rotatable bonds is 5. The van der Waals surface area contributed by atoms with Crippen molar-refractivity contribution in [2.75, 3.05) is 11.9 Å². The Morgan fingerprint density at radius 2 is 1.52 bits per heavy atom. The molecule has 2 rings (SSSR count). The molecule has 0 aromatic heterocycles. The Morgan fingerprint density at radius 1 is 0.920 bits per heavy atom. The number of nitrogens with one attached hydrogen (secondary N) is 2. The number of para-hydroxylation sites is 1. The number of amides is 2. The molecular formula is C19H22N2O4. The number of anilines is 1. The molecule has 2 aromatic rings. The Kier molecular flexibility index (Phi) is 6.00. The number of alkyl carbamates (subject to hydrolysis) is 1. The fraction of sp³-hybridized carbons (Fsp3) is 0.263. The molecule has 0 aliphatic rings. The summed E-state index contributed by atoms with van der Waals surface area (Å²) in [5.74, 6) is 1.06. The average molecular weight is 342 g/mol. The molecule has 132 valence electrons. The fourth-order valence-electron chi connectivity index (χ4n) is 1.90. The third-order valence-corrected chi connectivity index (χ3v) is 2.91. The van der Waals surface area contributed by atoms with Crippen molar-refractivity contribution in [1.29, 1.82) is 0 Å². The lowest BCUT2D eigenvalue weighted by molar-refractivity contribution is -0.115. The Morgan fingerprint density at radius 3 is 2.12 bits per heavy atom. The summed E-state index contributed by atoms with van der Waals surface area (Å²) in [6.45, 7) is 5.10. The summed E-state index contributed by atoms with van der Waals surface area (Å²) in [5, 5.41) is 5.09. The van der Waals surface area contributed by atoms with E-state index >= 15 is 0 Å². The number of hydrogen-bond donors (Lipinski definition) is 2. The first kappa shape index (κ1) is 18.3. The summed E-state index contributed by atoms with van der Waals surface area (Å²) < 4.78 is 10.7.